The summed E-state index contributed by atoms with van der Waals surface area (Å²) in [6, 6.07) is 16.6. The van der Waals surface area contributed by atoms with E-state index in [1.807, 2.05) is 25.1 Å². The zero-order valence-electron chi connectivity index (χ0n) is 12.6. The van der Waals surface area contributed by atoms with Crippen LogP contribution >= 0.6 is 0 Å². The third-order valence-corrected chi connectivity index (χ3v) is 3.52. The van der Waals surface area contributed by atoms with Crippen molar-refractivity contribution in [3.63, 3.8) is 0 Å². The number of nitrogens with one attached hydrogen (secondary N) is 1. The number of carbonyl (C=O) groups excluding carboxylic acids is 2. The van der Waals surface area contributed by atoms with Crippen molar-refractivity contribution in [2.75, 3.05) is 0 Å². The van der Waals surface area contributed by atoms with Crippen molar-refractivity contribution in [2.45, 2.75) is 25.8 Å². The highest BCUT2D eigenvalue weighted by Crippen LogP contribution is 2.07. The molecule has 2 rings (SSSR count). The van der Waals surface area contributed by atoms with E-state index >= 15 is 0 Å². The smallest absolute Gasteiger partial charge is 0.251 e. The summed E-state index contributed by atoms with van der Waals surface area (Å²) in [6.45, 7) is 1.98. The maximum Gasteiger partial charge on any atom is 0.251 e. The van der Waals surface area contributed by atoms with Gasteiger partial charge >= 0.3 is 0 Å². The molecule has 0 aliphatic carbocycles. The monoisotopic (exact) mass is 296 g/mol. The molecule has 4 heteroatoms. The molecule has 0 aromatic heterocycles. The van der Waals surface area contributed by atoms with Crippen molar-refractivity contribution in [1.29, 1.82) is 0 Å². The lowest BCUT2D eigenvalue weighted by Gasteiger charge is -2.14. The first-order chi connectivity index (χ1) is 10.6. The summed E-state index contributed by atoms with van der Waals surface area (Å²) in [5, 5.41) is 2.96. The van der Waals surface area contributed by atoms with Gasteiger partial charge in [0.15, 0.2) is 0 Å². The van der Waals surface area contributed by atoms with Gasteiger partial charge in [0.05, 0.1) is 0 Å². The molecule has 22 heavy (non-hydrogen) atoms. The number of carbonyl (C=O) groups is 2. The molecule has 114 valence electrons. The van der Waals surface area contributed by atoms with Crippen molar-refractivity contribution >= 4 is 11.8 Å². The Labute approximate surface area is 130 Å². The third kappa shape index (κ3) is 4.45. The van der Waals surface area contributed by atoms with Crippen molar-refractivity contribution in [2.24, 2.45) is 5.73 Å². The molecule has 0 spiro atoms. The first-order valence-corrected chi connectivity index (χ1v) is 7.31. The molecular formula is C18H20N2O2. The number of primary amides is 1. The fourth-order valence-corrected chi connectivity index (χ4v) is 2.19. The molecule has 3 N–H and O–H groups in total. The van der Waals surface area contributed by atoms with Gasteiger partial charge in [-0.25, -0.2) is 0 Å². The highest BCUT2D eigenvalue weighted by molar-refractivity contribution is 5.97. The van der Waals surface area contributed by atoms with E-state index in [2.05, 4.69) is 17.4 Å². The van der Waals surface area contributed by atoms with E-state index in [1.165, 1.54) is 5.56 Å². The molecule has 0 aliphatic heterocycles. The van der Waals surface area contributed by atoms with Crippen molar-refractivity contribution in [1.82, 2.24) is 5.32 Å². The second kappa shape index (κ2) is 7.41. The molecule has 0 heterocycles. The predicted octanol–water partition coefficient (Wildman–Crippen LogP) is 2.54. The van der Waals surface area contributed by atoms with Crippen LogP contribution in [0.1, 0.15) is 39.6 Å². The normalized spacial score (nSPS) is 11.7. The Hall–Kier alpha value is -2.62. The minimum atomic E-state index is -0.497. The van der Waals surface area contributed by atoms with Crippen LogP contribution in [0.25, 0.3) is 0 Å². The van der Waals surface area contributed by atoms with Crippen LogP contribution in [0.3, 0.4) is 0 Å². The first kappa shape index (κ1) is 15.8. The Kier molecular flexibility index (Phi) is 5.31. The summed E-state index contributed by atoms with van der Waals surface area (Å²) >= 11 is 0. The van der Waals surface area contributed by atoms with Crippen molar-refractivity contribution < 1.29 is 9.59 Å². The Morgan fingerprint density at radius 1 is 1.00 bits per heavy atom. The molecular weight excluding hydrogens is 276 g/mol. The van der Waals surface area contributed by atoms with Crippen LogP contribution in [0, 0.1) is 0 Å². The lowest BCUT2D eigenvalue weighted by atomic mass is 10.1. The van der Waals surface area contributed by atoms with Gasteiger partial charge in [0.25, 0.3) is 5.91 Å². The fourth-order valence-electron chi connectivity index (χ4n) is 2.19. The van der Waals surface area contributed by atoms with Crippen molar-refractivity contribution in [3.8, 4) is 0 Å². The van der Waals surface area contributed by atoms with Crippen LogP contribution in [0.5, 0.6) is 0 Å². The Balaban J connectivity index is 1.86. The number of aryl methyl sites for hydroxylation is 1. The average molecular weight is 296 g/mol. The van der Waals surface area contributed by atoms with Gasteiger partial charge in [0.2, 0.25) is 5.91 Å². The molecule has 1 atom stereocenters. The van der Waals surface area contributed by atoms with Gasteiger partial charge in [-0.2, -0.15) is 0 Å². The van der Waals surface area contributed by atoms with Crippen molar-refractivity contribution in [3.05, 3.63) is 71.3 Å². The topological polar surface area (TPSA) is 72.2 Å². The predicted molar refractivity (Wildman–Crippen MR) is 86.7 cm³/mol. The van der Waals surface area contributed by atoms with Crippen LogP contribution in [0.2, 0.25) is 0 Å². The molecule has 4 nitrogen and oxygen atoms in total. The second-order valence-electron chi connectivity index (χ2n) is 5.34. The minimum Gasteiger partial charge on any atom is -0.366 e. The highest BCUT2D eigenvalue weighted by Gasteiger charge is 2.10. The summed E-state index contributed by atoms with van der Waals surface area (Å²) < 4.78 is 0. The third-order valence-electron chi connectivity index (χ3n) is 3.52. The first-order valence-electron chi connectivity index (χ1n) is 7.31. The summed E-state index contributed by atoms with van der Waals surface area (Å²) in [6.07, 6.45) is 1.79. The van der Waals surface area contributed by atoms with E-state index in [1.54, 1.807) is 24.3 Å². The molecule has 0 fully saturated rings. The summed E-state index contributed by atoms with van der Waals surface area (Å²) in [4.78, 5) is 23.1. The van der Waals surface area contributed by atoms with Gasteiger partial charge in [-0.15, -0.1) is 0 Å². The van der Waals surface area contributed by atoms with Gasteiger partial charge in [-0.1, -0.05) is 30.3 Å². The summed E-state index contributed by atoms with van der Waals surface area (Å²) in [7, 11) is 0. The number of amides is 2. The van der Waals surface area contributed by atoms with E-state index in [-0.39, 0.29) is 11.9 Å². The van der Waals surface area contributed by atoms with E-state index < -0.39 is 5.91 Å². The molecule has 0 saturated carbocycles. The maximum atomic E-state index is 12.1. The lowest BCUT2D eigenvalue weighted by molar-refractivity contribution is 0.0936. The molecule has 0 aliphatic rings. The number of hydrogen-bond acceptors (Lipinski definition) is 2. The van der Waals surface area contributed by atoms with Gasteiger partial charge < -0.3 is 11.1 Å². The second-order valence-corrected chi connectivity index (χ2v) is 5.34. The molecule has 0 radical (unpaired) electrons. The molecule has 0 saturated heterocycles. The summed E-state index contributed by atoms with van der Waals surface area (Å²) in [5.74, 6) is -0.639. The molecule has 2 amide bonds. The van der Waals surface area contributed by atoms with Gasteiger partial charge in [0, 0.05) is 17.2 Å². The van der Waals surface area contributed by atoms with Crippen LogP contribution in [0.4, 0.5) is 0 Å². The van der Waals surface area contributed by atoms with Crippen LogP contribution in [0.15, 0.2) is 54.6 Å². The fraction of sp³-hybridized carbons (Fsp3) is 0.222. The quantitative estimate of drug-likeness (QED) is 0.859. The Morgan fingerprint density at radius 3 is 2.18 bits per heavy atom. The molecule has 2 aromatic carbocycles. The van der Waals surface area contributed by atoms with E-state index in [9.17, 15) is 9.59 Å². The van der Waals surface area contributed by atoms with Gasteiger partial charge in [0.1, 0.15) is 0 Å². The number of benzene rings is 2. The molecule has 1 unspecified atom stereocenters. The number of hydrogen-bond donors (Lipinski definition) is 2. The SMILES string of the molecule is CC(CCc1ccccc1)NC(=O)c1ccc(C(N)=O)cc1. The average Bonchev–Trinajstić information content (AvgIpc) is 2.54. The number of rotatable bonds is 6. The van der Waals surface area contributed by atoms with E-state index in [0.29, 0.717) is 11.1 Å². The molecule has 0 bridgehead atoms. The van der Waals surface area contributed by atoms with E-state index in [4.69, 9.17) is 5.73 Å². The Morgan fingerprint density at radius 2 is 1.59 bits per heavy atom. The number of nitrogens with two attached hydrogens (primary N) is 1. The van der Waals surface area contributed by atoms with Gasteiger partial charge in [-0.3, -0.25) is 9.59 Å². The standard InChI is InChI=1S/C18H20N2O2/c1-13(7-8-14-5-3-2-4-6-14)20-18(22)16-11-9-15(10-12-16)17(19)21/h2-6,9-13H,7-8H2,1H3,(H2,19,21)(H,20,22). The van der Waals surface area contributed by atoms with Crippen LogP contribution in [-0.4, -0.2) is 17.9 Å². The van der Waals surface area contributed by atoms with E-state index in [0.717, 1.165) is 12.8 Å². The highest BCUT2D eigenvalue weighted by atomic mass is 16.2. The minimum absolute atomic E-state index is 0.0727. The van der Waals surface area contributed by atoms with Gasteiger partial charge in [-0.05, 0) is 49.6 Å². The lowest BCUT2D eigenvalue weighted by Crippen LogP contribution is -2.32. The molecule has 2 aromatic rings. The zero-order chi connectivity index (χ0) is 15.9. The zero-order valence-corrected chi connectivity index (χ0v) is 12.6. The largest absolute Gasteiger partial charge is 0.366 e. The van der Waals surface area contributed by atoms with Crippen LogP contribution in [-0.2, 0) is 6.42 Å². The Bertz CT molecular complexity index is 636. The maximum absolute atomic E-state index is 12.1. The van der Waals surface area contributed by atoms with Crippen LogP contribution < -0.4 is 11.1 Å². The summed E-state index contributed by atoms with van der Waals surface area (Å²) in [5.41, 5.74) is 7.36.